The fourth-order valence-electron chi connectivity index (χ4n) is 3.05. The van der Waals surface area contributed by atoms with Gasteiger partial charge in [-0.3, -0.25) is 14.9 Å². The Morgan fingerprint density at radius 3 is 2.70 bits per heavy atom. The lowest BCUT2D eigenvalue weighted by atomic mass is 10.2. The van der Waals surface area contributed by atoms with E-state index in [1.165, 1.54) is 18.2 Å². The predicted octanol–water partition coefficient (Wildman–Crippen LogP) is 4.67. The summed E-state index contributed by atoms with van der Waals surface area (Å²) in [6, 6.07) is 15.5. The fraction of sp³-hybridized carbons (Fsp3) is 0.136. The van der Waals surface area contributed by atoms with Crippen molar-refractivity contribution >= 4 is 34.7 Å². The Hall–Kier alpha value is -3.65. The molecule has 2 heterocycles. The van der Waals surface area contributed by atoms with Gasteiger partial charge in [0, 0.05) is 34.8 Å². The highest BCUT2D eigenvalue weighted by atomic mass is 32.1. The molecule has 0 radical (unpaired) electrons. The molecular weight excluding hydrogens is 404 g/mol. The lowest BCUT2D eigenvalue weighted by molar-refractivity contribution is -0.384. The normalized spacial score (nSPS) is 12.7. The van der Waals surface area contributed by atoms with Crippen LogP contribution in [0, 0.1) is 10.1 Å². The number of thiophene rings is 1. The van der Waals surface area contributed by atoms with Gasteiger partial charge in [-0.1, -0.05) is 18.2 Å². The van der Waals surface area contributed by atoms with Crippen LogP contribution in [0.1, 0.15) is 10.4 Å². The highest BCUT2D eigenvalue weighted by Gasteiger charge is 2.19. The van der Waals surface area contributed by atoms with Crippen LogP contribution >= 0.6 is 11.3 Å². The zero-order chi connectivity index (χ0) is 20.9. The molecule has 30 heavy (non-hydrogen) atoms. The van der Waals surface area contributed by atoms with Gasteiger partial charge in [0.1, 0.15) is 13.2 Å². The minimum Gasteiger partial charge on any atom is -0.486 e. The van der Waals surface area contributed by atoms with Gasteiger partial charge in [0.2, 0.25) is 0 Å². The second kappa shape index (κ2) is 8.79. The van der Waals surface area contributed by atoms with Gasteiger partial charge in [0.25, 0.3) is 11.6 Å². The summed E-state index contributed by atoms with van der Waals surface area (Å²) in [5.74, 6) is 1.01. The van der Waals surface area contributed by atoms with Gasteiger partial charge in [-0.25, -0.2) is 0 Å². The van der Waals surface area contributed by atoms with Crippen molar-refractivity contribution in [2.45, 2.75) is 6.54 Å². The molecule has 3 aromatic rings. The zero-order valence-electron chi connectivity index (χ0n) is 15.9. The number of ether oxygens (including phenoxy) is 2. The predicted molar refractivity (Wildman–Crippen MR) is 115 cm³/mol. The van der Waals surface area contributed by atoms with Gasteiger partial charge in [-0.05, 0) is 35.2 Å². The maximum atomic E-state index is 13.1. The number of benzene rings is 2. The van der Waals surface area contributed by atoms with Crippen LogP contribution in [0.5, 0.6) is 11.5 Å². The third-order valence-corrected chi connectivity index (χ3v) is 5.36. The number of nitro benzene ring substituents is 1. The molecule has 0 atom stereocenters. The number of hydrogen-bond acceptors (Lipinski definition) is 6. The zero-order valence-corrected chi connectivity index (χ0v) is 16.7. The molecule has 1 aliphatic rings. The summed E-state index contributed by atoms with van der Waals surface area (Å²) >= 11 is 1.56. The average molecular weight is 422 g/mol. The van der Waals surface area contributed by atoms with Crippen molar-refractivity contribution in [2.75, 3.05) is 18.1 Å². The van der Waals surface area contributed by atoms with E-state index in [0.717, 1.165) is 4.88 Å². The van der Waals surface area contributed by atoms with Crippen LogP contribution < -0.4 is 14.4 Å². The van der Waals surface area contributed by atoms with Crippen molar-refractivity contribution in [1.82, 2.24) is 0 Å². The number of carbonyl (C=O) groups excluding carboxylic acids is 1. The summed E-state index contributed by atoms with van der Waals surface area (Å²) in [6.07, 6.45) is 3.00. The van der Waals surface area contributed by atoms with Crippen LogP contribution in [0.3, 0.4) is 0 Å². The summed E-state index contributed by atoms with van der Waals surface area (Å²) in [7, 11) is 0. The van der Waals surface area contributed by atoms with Gasteiger partial charge < -0.3 is 14.4 Å². The quantitative estimate of drug-likeness (QED) is 0.327. The van der Waals surface area contributed by atoms with Crippen LogP contribution in [0.25, 0.3) is 6.08 Å². The van der Waals surface area contributed by atoms with Crippen molar-refractivity contribution in [3.63, 3.8) is 0 Å². The molecule has 4 rings (SSSR count). The molecule has 0 fully saturated rings. The molecule has 7 nitrogen and oxygen atoms in total. The van der Waals surface area contributed by atoms with Crippen LogP contribution in [0.2, 0.25) is 0 Å². The molecule has 0 aliphatic carbocycles. The van der Waals surface area contributed by atoms with Crippen LogP contribution in [-0.4, -0.2) is 24.0 Å². The molecule has 1 aliphatic heterocycles. The van der Waals surface area contributed by atoms with Crippen LogP contribution in [0.4, 0.5) is 11.4 Å². The topological polar surface area (TPSA) is 81.9 Å². The SMILES string of the molecule is O=C(/C=C/c1cccc([N+](=O)[O-])c1)N(Cc1cccs1)c1ccc2c(c1)OCCO2. The smallest absolute Gasteiger partial charge is 0.270 e. The third-order valence-electron chi connectivity index (χ3n) is 4.50. The standard InChI is InChI=1S/C22H18N2O5S/c25-22(9-6-16-3-1-4-18(13-16)24(26)27)23(15-19-5-2-12-30-19)17-7-8-20-21(14-17)29-11-10-28-20/h1-9,12-14H,10-11,15H2/b9-6+. The van der Waals surface area contributed by atoms with E-state index in [1.54, 1.807) is 46.6 Å². The Morgan fingerprint density at radius 1 is 1.10 bits per heavy atom. The van der Waals surface area contributed by atoms with E-state index in [2.05, 4.69) is 0 Å². The molecule has 152 valence electrons. The van der Waals surface area contributed by atoms with E-state index in [1.807, 2.05) is 23.6 Å². The summed E-state index contributed by atoms with van der Waals surface area (Å²) < 4.78 is 11.2. The first kappa shape index (κ1) is 19.7. The average Bonchev–Trinajstić information content (AvgIpc) is 3.29. The second-order valence-electron chi connectivity index (χ2n) is 6.52. The molecule has 0 unspecified atom stereocenters. The van der Waals surface area contributed by atoms with Crippen LogP contribution in [-0.2, 0) is 11.3 Å². The Kier molecular flexibility index (Phi) is 5.76. The van der Waals surface area contributed by atoms with Gasteiger partial charge in [-0.2, -0.15) is 0 Å². The lowest BCUT2D eigenvalue weighted by Gasteiger charge is -2.24. The van der Waals surface area contributed by atoms with Crippen molar-refractivity contribution in [1.29, 1.82) is 0 Å². The van der Waals surface area contributed by atoms with Crippen molar-refractivity contribution in [3.8, 4) is 11.5 Å². The first-order valence-electron chi connectivity index (χ1n) is 9.26. The molecule has 0 bridgehead atoms. The maximum Gasteiger partial charge on any atom is 0.270 e. The first-order valence-corrected chi connectivity index (χ1v) is 10.1. The molecule has 1 amide bonds. The minimum atomic E-state index is -0.461. The number of nitro groups is 1. The molecule has 0 saturated heterocycles. The van der Waals surface area contributed by atoms with E-state index in [9.17, 15) is 14.9 Å². The molecule has 0 saturated carbocycles. The van der Waals surface area contributed by atoms with E-state index in [4.69, 9.17) is 9.47 Å². The second-order valence-corrected chi connectivity index (χ2v) is 7.55. The first-order chi connectivity index (χ1) is 14.6. The van der Waals surface area contributed by atoms with Crippen molar-refractivity contribution in [3.05, 3.63) is 86.6 Å². The maximum absolute atomic E-state index is 13.1. The fourth-order valence-corrected chi connectivity index (χ4v) is 3.75. The van der Waals surface area contributed by atoms with Gasteiger partial charge in [0.05, 0.1) is 11.5 Å². The minimum absolute atomic E-state index is 0.0214. The number of hydrogen-bond donors (Lipinski definition) is 0. The summed E-state index contributed by atoms with van der Waals surface area (Å²) in [6.45, 7) is 1.35. The molecule has 0 spiro atoms. The highest BCUT2D eigenvalue weighted by Crippen LogP contribution is 2.35. The molecular formula is C22H18N2O5S. The summed E-state index contributed by atoms with van der Waals surface area (Å²) in [5, 5.41) is 12.9. The number of non-ortho nitro benzene ring substituents is 1. The van der Waals surface area contributed by atoms with Crippen molar-refractivity contribution < 1.29 is 19.2 Å². The number of rotatable bonds is 6. The lowest BCUT2D eigenvalue weighted by Crippen LogP contribution is -2.28. The summed E-state index contributed by atoms with van der Waals surface area (Å²) in [5.41, 5.74) is 1.24. The Bertz CT molecular complexity index is 1090. The van der Waals surface area contributed by atoms with Crippen LogP contribution in [0.15, 0.2) is 66.1 Å². The van der Waals surface area contributed by atoms with E-state index in [-0.39, 0.29) is 11.6 Å². The van der Waals surface area contributed by atoms with Crippen molar-refractivity contribution in [2.24, 2.45) is 0 Å². The van der Waals surface area contributed by atoms with E-state index < -0.39 is 4.92 Å². The summed E-state index contributed by atoms with van der Waals surface area (Å²) in [4.78, 5) is 26.2. The number of carbonyl (C=O) groups is 1. The van der Waals surface area contributed by atoms with E-state index in [0.29, 0.717) is 42.5 Å². The molecule has 8 heteroatoms. The Morgan fingerprint density at radius 2 is 1.93 bits per heavy atom. The number of fused-ring (bicyclic) bond motifs is 1. The van der Waals surface area contributed by atoms with Gasteiger partial charge in [0.15, 0.2) is 11.5 Å². The number of amides is 1. The third kappa shape index (κ3) is 4.49. The largest absolute Gasteiger partial charge is 0.486 e. The molecule has 1 aromatic heterocycles. The number of anilines is 1. The highest BCUT2D eigenvalue weighted by molar-refractivity contribution is 7.09. The van der Waals surface area contributed by atoms with Gasteiger partial charge >= 0.3 is 0 Å². The van der Waals surface area contributed by atoms with E-state index >= 15 is 0 Å². The Labute approximate surface area is 176 Å². The molecule has 0 N–H and O–H groups in total. The Balaban J connectivity index is 1.61. The number of nitrogens with zero attached hydrogens (tertiary/aromatic N) is 2. The molecule has 2 aromatic carbocycles. The van der Waals surface area contributed by atoms with Gasteiger partial charge in [-0.15, -0.1) is 11.3 Å². The monoisotopic (exact) mass is 422 g/mol.